The summed E-state index contributed by atoms with van der Waals surface area (Å²) in [6.45, 7) is 13.7. The molecule has 0 radical (unpaired) electrons. The molecule has 0 spiro atoms. The summed E-state index contributed by atoms with van der Waals surface area (Å²) >= 11 is 0. The van der Waals surface area contributed by atoms with Crippen LogP contribution in [-0.4, -0.2) is 14.1 Å². The molecule has 40 heavy (non-hydrogen) atoms. The minimum atomic E-state index is 0.0588. The molecular weight excluding hydrogens is 486 g/mol. The van der Waals surface area contributed by atoms with Crippen LogP contribution in [0.4, 0.5) is 0 Å². The molecule has 0 unspecified atom stereocenters. The molecule has 0 N–H and O–H groups in total. The molecular formula is C37H35N3. The van der Waals surface area contributed by atoms with Gasteiger partial charge in [0.15, 0.2) is 0 Å². The molecule has 0 aliphatic carbocycles. The van der Waals surface area contributed by atoms with Crippen LogP contribution >= 0.6 is 0 Å². The summed E-state index contributed by atoms with van der Waals surface area (Å²) in [5.41, 5.74) is 9.71. The third-order valence-electron chi connectivity index (χ3n) is 8.31. The number of rotatable bonds is 2. The molecule has 3 nitrogen and oxygen atoms in total. The lowest BCUT2D eigenvalue weighted by Gasteiger charge is -2.20. The standard InChI is InChI=1S/C37H35N3/c1-36(2,3)24-15-17-30-28-11-7-9-13-32(28)39(34(30)19-24)26-21-27(23-38-22-26)40-33-14-10-8-12-29(33)31-18-16-25(20-35(31)40)37(4,5)6/h7-23H,1-6H3. The summed E-state index contributed by atoms with van der Waals surface area (Å²) in [7, 11) is 0. The second-order valence-corrected chi connectivity index (χ2v) is 13.1. The maximum absolute atomic E-state index is 4.82. The Labute approximate surface area is 235 Å². The molecule has 7 aromatic rings. The van der Waals surface area contributed by atoms with E-state index in [1.54, 1.807) is 0 Å². The highest BCUT2D eigenvalue weighted by molar-refractivity contribution is 6.10. The monoisotopic (exact) mass is 521 g/mol. The zero-order valence-electron chi connectivity index (χ0n) is 24.2. The maximum Gasteiger partial charge on any atom is 0.0666 e. The van der Waals surface area contributed by atoms with E-state index in [4.69, 9.17) is 4.98 Å². The van der Waals surface area contributed by atoms with Crippen LogP contribution in [0.2, 0.25) is 0 Å². The lowest BCUT2D eigenvalue weighted by Crippen LogP contribution is -2.11. The van der Waals surface area contributed by atoms with Crippen LogP contribution in [0.3, 0.4) is 0 Å². The van der Waals surface area contributed by atoms with Crippen molar-refractivity contribution in [1.82, 2.24) is 14.1 Å². The minimum Gasteiger partial charge on any atom is -0.308 e. The van der Waals surface area contributed by atoms with Gasteiger partial charge in [-0.1, -0.05) is 102 Å². The van der Waals surface area contributed by atoms with Crippen molar-refractivity contribution in [3.8, 4) is 11.4 Å². The van der Waals surface area contributed by atoms with E-state index in [-0.39, 0.29) is 10.8 Å². The number of hydrogen-bond acceptors (Lipinski definition) is 1. The van der Waals surface area contributed by atoms with Gasteiger partial charge in [-0.15, -0.1) is 0 Å². The summed E-state index contributed by atoms with van der Waals surface area (Å²) in [5, 5.41) is 5.05. The number of nitrogens with zero attached hydrogens (tertiary/aromatic N) is 3. The van der Waals surface area contributed by atoms with Gasteiger partial charge in [0.2, 0.25) is 0 Å². The highest BCUT2D eigenvalue weighted by Gasteiger charge is 2.20. The summed E-state index contributed by atoms with van der Waals surface area (Å²) < 4.78 is 4.76. The van der Waals surface area contributed by atoms with Crippen molar-refractivity contribution in [2.24, 2.45) is 0 Å². The molecule has 0 fully saturated rings. The Morgan fingerprint density at radius 1 is 0.450 bits per heavy atom. The van der Waals surface area contributed by atoms with Crippen molar-refractivity contribution >= 4 is 43.6 Å². The van der Waals surface area contributed by atoms with Crippen LogP contribution in [0, 0.1) is 0 Å². The van der Waals surface area contributed by atoms with Gasteiger partial charge in [-0.25, -0.2) is 0 Å². The Hall–Kier alpha value is -4.37. The predicted molar refractivity (Wildman–Crippen MR) is 170 cm³/mol. The van der Waals surface area contributed by atoms with E-state index in [0.29, 0.717) is 0 Å². The van der Waals surface area contributed by atoms with Crippen LogP contribution in [0.25, 0.3) is 55.0 Å². The molecule has 0 saturated carbocycles. The van der Waals surface area contributed by atoms with E-state index >= 15 is 0 Å². The van der Waals surface area contributed by atoms with Crippen molar-refractivity contribution in [2.45, 2.75) is 52.4 Å². The molecule has 0 amide bonds. The van der Waals surface area contributed by atoms with Crippen LogP contribution in [0.5, 0.6) is 0 Å². The highest BCUT2D eigenvalue weighted by Crippen LogP contribution is 2.37. The van der Waals surface area contributed by atoms with Gasteiger partial charge >= 0.3 is 0 Å². The first-order valence-corrected chi connectivity index (χ1v) is 14.1. The summed E-state index contributed by atoms with van der Waals surface area (Å²) in [4.78, 5) is 4.82. The van der Waals surface area contributed by atoms with Crippen molar-refractivity contribution in [3.63, 3.8) is 0 Å². The summed E-state index contributed by atoms with van der Waals surface area (Å²) in [5.74, 6) is 0. The Morgan fingerprint density at radius 3 is 1.27 bits per heavy atom. The number of hydrogen-bond donors (Lipinski definition) is 0. The third-order valence-corrected chi connectivity index (χ3v) is 8.31. The SMILES string of the molecule is CC(C)(C)c1ccc2c3ccccc3n(-c3cncc(-n4c5ccccc5c5ccc(C(C)(C)C)cc54)c3)c2c1. The summed E-state index contributed by atoms with van der Waals surface area (Å²) in [6.07, 6.45) is 3.99. The highest BCUT2D eigenvalue weighted by atomic mass is 15.0. The minimum absolute atomic E-state index is 0.0588. The van der Waals surface area contributed by atoms with E-state index in [1.165, 1.54) is 54.7 Å². The Kier molecular flexibility index (Phi) is 5.28. The molecule has 7 rings (SSSR count). The van der Waals surface area contributed by atoms with Gasteiger partial charge < -0.3 is 9.13 Å². The zero-order valence-corrected chi connectivity index (χ0v) is 24.2. The molecule has 3 heteroatoms. The smallest absolute Gasteiger partial charge is 0.0666 e. The average molecular weight is 522 g/mol. The number of fused-ring (bicyclic) bond motifs is 6. The van der Waals surface area contributed by atoms with Crippen LogP contribution in [0.15, 0.2) is 103 Å². The van der Waals surface area contributed by atoms with E-state index < -0.39 is 0 Å². The van der Waals surface area contributed by atoms with Gasteiger partial charge in [-0.2, -0.15) is 0 Å². The first-order valence-electron chi connectivity index (χ1n) is 14.1. The molecule has 0 atom stereocenters. The molecule has 0 saturated heterocycles. The average Bonchev–Trinajstić information content (AvgIpc) is 3.44. The molecule has 3 heterocycles. The molecule has 0 aliphatic rings. The van der Waals surface area contributed by atoms with Gasteiger partial charge in [-0.05, 0) is 52.3 Å². The zero-order chi connectivity index (χ0) is 27.8. The summed E-state index contributed by atoms with van der Waals surface area (Å²) in [6, 6.07) is 33.5. The molecule has 4 aromatic carbocycles. The van der Waals surface area contributed by atoms with E-state index in [9.17, 15) is 0 Å². The molecule has 0 bridgehead atoms. The second-order valence-electron chi connectivity index (χ2n) is 13.1. The van der Waals surface area contributed by atoms with Crippen molar-refractivity contribution in [3.05, 3.63) is 115 Å². The van der Waals surface area contributed by atoms with Crippen molar-refractivity contribution in [1.29, 1.82) is 0 Å². The quantitative estimate of drug-likeness (QED) is 0.222. The maximum atomic E-state index is 4.82. The predicted octanol–water partition coefficient (Wildman–Crippen LogP) is 9.87. The van der Waals surface area contributed by atoms with E-state index in [0.717, 1.165) is 11.4 Å². The number of pyridine rings is 1. The van der Waals surface area contributed by atoms with Gasteiger partial charge in [0, 0.05) is 21.5 Å². The number of benzene rings is 4. The number of para-hydroxylation sites is 2. The first kappa shape index (κ1) is 24.7. The van der Waals surface area contributed by atoms with Gasteiger partial charge in [0.25, 0.3) is 0 Å². The molecule has 198 valence electrons. The Morgan fingerprint density at radius 2 is 0.850 bits per heavy atom. The molecule has 3 aromatic heterocycles. The third kappa shape index (κ3) is 3.76. The van der Waals surface area contributed by atoms with Crippen LogP contribution in [0.1, 0.15) is 52.7 Å². The fourth-order valence-corrected chi connectivity index (χ4v) is 6.09. The normalized spacial score (nSPS) is 12.8. The van der Waals surface area contributed by atoms with Gasteiger partial charge in [0.1, 0.15) is 0 Å². The number of aromatic nitrogens is 3. The molecule has 0 aliphatic heterocycles. The lowest BCUT2D eigenvalue weighted by atomic mass is 9.86. The van der Waals surface area contributed by atoms with Crippen LogP contribution < -0.4 is 0 Å². The van der Waals surface area contributed by atoms with Gasteiger partial charge in [-0.3, -0.25) is 4.98 Å². The van der Waals surface area contributed by atoms with Crippen molar-refractivity contribution in [2.75, 3.05) is 0 Å². The van der Waals surface area contributed by atoms with Crippen LogP contribution in [-0.2, 0) is 10.8 Å². The topological polar surface area (TPSA) is 22.8 Å². The second kappa shape index (κ2) is 8.56. The first-order chi connectivity index (χ1) is 19.1. The van der Waals surface area contributed by atoms with E-state index in [1.807, 2.05) is 12.4 Å². The van der Waals surface area contributed by atoms with Crippen molar-refractivity contribution < 1.29 is 0 Å². The fraction of sp³-hybridized carbons (Fsp3) is 0.216. The largest absolute Gasteiger partial charge is 0.308 e. The Bertz CT molecular complexity index is 1930. The Balaban J connectivity index is 1.53. The fourth-order valence-electron chi connectivity index (χ4n) is 6.09. The van der Waals surface area contributed by atoms with E-state index in [2.05, 4.69) is 142 Å². The lowest BCUT2D eigenvalue weighted by molar-refractivity contribution is 0.590. The van der Waals surface area contributed by atoms with Gasteiger partial charge in [0.05, 0.1) is 45.8 Å².